The monoisotopic (exact) mass is 278 g/mol. The molecule has 0 spiro atoms. The number of para-hydroxylation sites is 2. The van der Waals surface area contributed by atoms with E-state index < -0.39 is 0 Å². The SMILES string of the molecule is CC(C)(C)Nc1nc2ccccc2nc1-c1ccncc1. The molecule has 0 atom stereocenters. The molecule has 2 heterocycles. The summed E-state index contributed by atoms with van der Waals surface area (Å²) in [4.78, 5) is 13.6. The molecule has 3 aromatic rings. The summed E-state index contributed by atoms with van der Waals surface area (Å²) in [6, 6.07) is 11.8. The second-order valence-electron chi connectivity index (χ2n) is 6.02. The lowest BCUT2D eigenvalue weighted by atomic mass is 10.1. The van der Waals surface area contributed by atoms with Gasteiger partial charge in [-0.1, -0.05) is 12.1 Å². The summed E-state index contributed by atoms with van der Waals surface area (Å²) in [5.41, 5.74) is 3.56. The van der Waals surface area contributed by atoms with E-state index in [4.69, 9.17) is 9.97 Å². The van der Waals surface area contributed by atoms with E-state index in [0.29, 0.717) is 0 Å². The van der Waals surface area contributed by atoms with Crippen molar-refractivity contribution in [3.8, 4) is 11.3 Å². The number of fused-ring (bicyclic) bond motifs is 1. The Morgan fingerprint density at radius 3 is 2.10 bits per heavy atom. The van der Waals surface area contributed by atoms with Crippen LogP contribution < -0.4 is 5.32 Å². The first-order valence-electron chi connectivity index (χ1n) is 6.98. The Hall–Kier alpha value is -2.49. The molecule has 1 N–H and O–H groups in total. The smallest absolute Gasteiger partial charge is 0.153 e. The number of hydrogen-bond acceptors (Lipinski definition) is 4. The van der Waals surface area contributed by atoms with Gasteiger partial charge >= 0.3 is 0 Å². The summed E-state index contributed by atoms with van der Waals surface area (Å²) >= 11 is 0. The van der Waals surface area contributed by atoms with Gasteiger partial charge in [-0.15, -0.1) is 0 Å². The zero-order valence-electron chi connectivity index (χ0n) is 12.5. The van der Waals surface area contributed by atoms with E-state index in [1.165, 1.54) is 0 Å². The number of pyridine rings is 1. The Morgan fingerprint density at radius 1 is 0.857 bits per heavy atom. The first-order chi connectivity index (χ1) is 10.0. The standard InChI is InChI=1S/C17H18N4/c1-17(2,3)21-16-15(12-8-10-18-11-9-12)19-13-6-4-5-7-14(13)20-16/h4-11H,1-3H3,(H,20,21). The molecule has 0 amide bonds. The van der Waals surface area contributed by atoms with Crippen LogP contribution in [0.25, 0.3) is 22.3 Å². The molecule has 0 unspecified atom stereocenters. The normalized spacial score (nSPS) is 11.6. The third-order valence-electron chi connectivity index (χ3n) is 3.02. The molecule has 3 rings (SSSR count). The van der Waals surface area contributed by atoms with Crippen molar-refractivity contribution in [2.24, 2.45) is 0 Å². The van der Waals surface area contributed by atoms with Gasteiger partial charge in [-0.3, -0.25) is 4.98 Å². The van der Waals surface area contributed by atoms with Gasteiger partial charge in [0.15, 0.2) is 5.82 Å². The summed E-state index contributed by atoms with van der Waals surface area (Å²) in [5.74, 6) is 0.799. The van der Waals surface area contributed by atoms with Gasteiger partial charge in [0.25, 0.3) is 0 Å². The van der Waals surface area contributed by atoms with Crippen molar-refractivity contribution >= 4 is 16.9 Å². The molecule has 0 saturated heterocycles. The zero-order valence-corrected chi connectivity index (χ0v) is 12.5. The minimum absolute atomic E-state index is 0.0844. The highest BCUT2D eigenvalue weighted by Crippen LogP contribution is 2.28. The Labute approximate surface area is 124 Å². The maximum atomic E-state index is 4.78. The highest BCUT2D eigenvalue weighted by molar-refractivity contribution is 5.83. The van der Waals surface area contributed by atoms with E-state index >= 15 is 0 Å². The van der Waals surface area contributed by atoms with Gasteiger partial charge < -0.3 is 5.32 Å². The average Bonchev–Trinajstić information content (AvgIpc) is 2.46. The van der Waals surface area contributed by atoms with Crippen LogP contribution in [0.2, 0.25) is 0 Å². The fourth-order valence-corrected chi connectivity index (χ4v) is 2.15. The van der Waals surface area contributed by atoms with Gasteiger partial charge in [0, 0.05) is 23.5 Å². The molecule has 1 aromatic carbocycles. The van der Waals surface area contributed by atoms with Gasteiger partial charge in [0.1, 0.15) is 5.69 Å². The molecule has 4 nitrogen and oxygen atoms in total. The highest BCUT2D eigenvalue weighted by atomic mass is 15.1. The van der Waals surface area contributed by atoms with Crippen molar-refractivity contribution in [1.82, 2.24) is 15.0 Å². The molecule has 0 aliphatic heterocycles. The van der Waals surface area contributed by atoms with E-state index in [1.807, 2.05) is 36.4 Å². The lowest BCUT2D eigenvalue weighted by molar-refractivity contribution is 0.631. The largest absolute Gasteiger partial charge is 0.364 e. The molecule has 0 aliphatic rings. The number of hydrogen-bond donors (Lipinski definition) is 1. The topological polar surface area (TPSA) is 50.7 Å². The van der Waals surface area contributed by atoms with Crippen LogP contribution in [0.1, 0.15) is 20.8 Å². The minimum atomic E-state index is -0.0844. The van der Waals surface area contributed by atoms with Crippen LogP contribution in [0.15, 0.2) is 48.8 Å². The van der Waals surface area contributed by atoms with Crippen molar-refractivity contribution < 1.29 is 0 Å². The van der Waals surface area contributed by atoms with Crippen LogP contribution in [0.4, 0.5) is 5.82 Å². The highest BCUT2D eigenvalue weighted by Gasteiger charge is 2.16. The van der Waals surface area contributed by atoms with Crippen LogP contribution in [0, 0.1) is 0 Å². The van der Waals surface area contributed by atoms with Crippen LogP contribution in [-0.2, 0) is 0 Å². The summed E-state index contributed by atoms with van der Waals surface area (Å²) in [5, 5.41) is 3.45. The van der Waals surface area contributed by atoms with E-state index in [1.54, 1.807) is 12.4 Å². The lowest BCUT2D eigenvalue weighted by Gasteiger charge is -2.23. The number of nitrogens with zero attached hydrogens (tertiary/aromatic N) is 3. The third-order valence-corrected chi connectivity index (χ3v) is 3.02. The molecule has 106 valence electrons. The summed E-state index contributed by atoms with van der Waals surface area (Å²) < 4.78 is 0. The molecule has 0 bridgehead atoms. The van der Waals surface area contributed by atoms with Gasteiger partial charge in [-0.2, -0.15) is 0 Å². The van der Waals surface area contributed by atoms with Crippen molar-refractivity contribution in [2.45, 2.75) is 26.3 Å². The van der Waals surface area contributed by atoms with Crippen LogP contribution >= 0.6 is 0 Å². The average molecular weight is 278 g/mol. The molecule has 0 fully saturated rings. The summed E-state index contributed by atoms with van der Waals surface area (Å²) in [6.45, 7) is 6.33. The molecule has 0 radical (unpaired) electrons. The van der Waals surface area contributed by atoms with Crippen molar-refractivity contribution in [2.75, 3.05) is 5.32 Å². The predicted molar refractivity (Wildman–Crippen MR) is 86.1 cm³/mol. The molecule has 21 heavy (non-hydrogen) atoms. The molecular formula is C17H18N4. The third kappa shape index (κ3) is 2.99. The number of benzene rings is 1. The second kappa shape index (κ2) is 5.13. The van der Waals surface area contributed by atoms with E-state index in [0.717, 1.165) is 28.1 Å². The molecule has 4 heteroatoms. The van der Waals surface area contributed by atoms with Gasteiger partial charge in [-0.05, 0) is 45.0 Å². The predicted octanol–water partition coefficient (Wildman–Crippen LogP) is 3.90. The number of nitrogens with one attached hydrogen (secondary N) is 1. The number of rotatable bonds is 2. The van der Waals surface area contributed by atoms with E-state index in [2.05, 4.69) is 31.1 Å². The molecule has 0 saturated carbocycles. The Kier molecular flexibility index (Phi) is 3.29. The maximum absolute atomic E-state index is 4.78. The van der Waals surface area contributed by atoms with Gasteiger partial charge in [0.05, 0.1) is 11.0 Å². The maximum Gasteiger partial charge on any atom is 0.153 e. The number of aromatic nitrogens is 3. The van der Waals surface area contributed by atoms with Crippen LogP contribution in [0.5, 0.6) is 0 Å². The van der Waals surface area contributed by atoms with E-state index in [9.17, 15) is 0 Å². The molecule has 2 aromatic heterocycles. The lowest BCUT2D eigenvalue weighted by Crippen LogP contribution is -2.27. The quantitative estimate of drug-likeness (QED) is 0.772. The number of anilines is 1. The van der Waals surface area contributed by atoms with Gasteiger partial charge in [0.2, 0.25) is 0 Å². The molecular weight excluding hydrogens is 260 g/mol. The Morgan fingerprint density at radius 2 is 1.48 bits per heavy atom. The first kappa shape index (κ1) is 13.5. The zero-order chi connectivity index (χ0) is 14.9. The minimum Gasteiger partial charge on any atom is -0.364 e. The van der Waals surface area contributed by atoms with Crippen LogP contribution in [0.3, 0.4) is 0 Å². The fourth-order valence-electron chi connectivity index (χ4n) is 2.15. The van der Waals surface area contributed by atoms with Crippen LogP contribution in [-0.4, -0.2) is 20.5 Å². The van der Waals surface area contributed by atoms with Crippen molar-refractivity contribution in [3.05, 3.63) is 48.8 Å². The first-order valence-corrected chi connectivity index (χ1v) is 6.98. The molecule has 0 aliphatic carbocycles. The fraction of sp³-hybridized carbons (Fsp3) is 0.235. The van der Waals surface area contributed by atoms with Gasteiger partial charge in [-0.25, -0.2) is 9.97 Å². The van der Waals surface area contributed by atoms with Crippen molar-refractivity contribution in [3.63, 3.8) is 0 Å². The van der Waals surface area contributed by atoms with Crippen molar-refractivity contribution in [1.29, 1.82) is 0 Å². The summed E-state index contributed by atoms with van der Waals surface area (Å²) in [7, 11) is 0. The Balaban J connectivity index is 2.22. The summed E-state index contributed by atoms with van der Waals surface area (Å²) in [6.07, 6.45) is 3.54. The Bertz CT molecular complexity index is 761. The second-order valence-corrected chi connectivity index (χ2v) is 6.02. The van der Waals surface area contributed by atoms with E-state index in [-0.39, 0.29) is 5.54 Å².